The highest BCUT2D eigenvalue weighted by Gasteiger charge is 2.28. The lowest BCUT2D eigenvalue weighted by Crippen LogP contribution is -2.00. The molecule has 0 bridgehead atoms. The van der Waals surface area contributed by atoms with Gasteiger partial charge < -0.3 is 9.26 Å². The van der Waals surface area contributed by atoms with Gasteiger partial charge in [-0.1, -0.05) is 5.16 Å². The molecule has 0 amide bonds. The summed E-state index contributed by atoms with van der Waals surface area (Å²) in [6.07, 6.45) is 2.29. The monoisotopic (exact) mass is 269 g/mol. The molecule has 1 aliphatic carbocycles. The van der Waals surface area contributed by atoms with Crippen molar-refractivity contribution in [3.05, 3.63) is 40.5 Å². The highest BCUT2D eigenvalue weighted by atomic mass is 16.5. The summed E-state index contributed by atoms with van der Waals surface area (Å²) >= 11 is 0. The Morgan fingerprint density at radius 2 is 2.05 bits per heavy atom. The van der Waals surface area contributed by atoms with E-state index in [4.69, 9.17) is 14.5 Å². The van der Waals surface area contributed by atoms with Gasteiger partial charge in [-0.3, -0.25) is 0 Å². The Morgan fingerprint density at radius 1 is 1.35 bits per heavy atom. The number of rotatable bonds is 4. The van der Waals surface area contributed by atoms with Crippen LogP contribution in [-0.4, -0.2) is 10.1 Å². The van der Waals surface area contributed by atoms with Gasteiger partial charge in [0.15, 0.2) is 12.4 Å². The number of aryl methyl sites for hydroxylation is 2. The average molecular weight is 269 g/mol. The molecule has 0 unspecified atom stereocenters. The molecule has 0 saturated heterocycles. The molecular formula is C15H15N3O2. The first kappa shape index (κ1) is 12.7. The van der Waals surface area contributed by atoms with Crippen molar-refractivity contribution in [2.45, 2.75) is 39.2 Å². The predicted octanol–water partition coefficient (Wildman–Crippen LogP) is 3.01. The Balaban J connectivity index is 1.72. The fraction of sp³-hybridized carbons (Fsp3) is 0.400. The van der Waals surface area contributed by atoms with Crippen LogP contribution in [0.2, 0.25) is 0 Å². The average Bonchev–Trinajstić information content (AvgIpc) is 3.17. The third kappa shape index (κ3) is 2.50. The molecule has 5 nitrogen and oxygen atoms in total. The molecule has 1 aromatic carbocycles. The molecule has 1 aromatic heterocycles. The Morgan fingerprint density at radius 3 is 2.65 bits per heavy atom. The molecule has 2 aromatic rings. The van der Waals surface area contributed by atoms with Crippen LogP contribution in [0, 0.1) is 25.2 Å². The molecule has 0 spiro atoms. The van der Waals surface area contributed by atoms with Gasteiger partial charge >= 0.3 is 0 Å². The zero-order chi connectivity index (χ0) is 14.1. The van der Waals surface area contributed by atoms with E-state index in [0.29, 0.717) is 17.4 Å². The van der Waals surface area contributed by atoms with Gasteiger partial charge in [-0.15, -0.1) is 0 Å². The van der Waals surface area contributed by atoms with Crippen LogP contribution in [0.4, 0.5) is 0 Å². The first-order valence-corrected chi connectivity index (χ1v) is 6.64. The maximum Gasteiger partial charge on any atom is 0.264 e. The molecule has 0 aliphatic heterocycles. The summed E-state index contributed by atoms with van der Waals surface area (Å²) in [4.78, 5) is 4.33. The van der Waals surface area contributed by atoms with Crippen LogP contribution in [0.15, 0.2) is 16.7 Å². The maximum absolute atomic E-state index is 8.92. The van der Waals surface area contributed by atoms with Crippen LogP contribution in [0.1, 0.15) is 47.2 Å². The van der Waals surface area contributed by atoms with Crippen LogP contribution in [0.25, 0.3) is 0 Å². The standard InChI is InChI=1S/C15H15N3O2/c1-9-5-11(7-16)6-10(2)14(9)19-8-13-17-15(18-20-13)12-3-4-12/h5-6,12H,3-4,8H2,1-2H3. The van der Waals surface area contributed by atoms with E-state index in [1.165, 1.54) is 0 Å². The van der Waals surface area contributed by atoms with Gasteiger partial charge in [0, 0.05) is 5.92 Å². The predicted molar refractivity (Wildman–Crippen MR) is 71.2 cm³/mol. The second kappa shape index (κ2) is 4.97. The van der Waals surface area contributed by atoms with Gasteiger partial charge in [-0.05, 0) is 49.9 Å². The minimum Gasteiger partial charge on any atom is -0.483 e. The van der Waals surface area contributed by atoms with E-state index in [-0.39, 0.29) is 6.61 Å². The molecule has 1 aliphatic rings. The summed E-state index contributed by atoms with van der Waals surface area (Å²) in [6.45, 7) is 4.10. The van der Waals surface area contributed by atoms with E-state index in [1.807, 2.05) is 26.0 Å². The lowest BCUT2D eigenvalue weighted by atomic mass is 10.1. The lowest BCUT2D eigenvalue weighted by molar-refractivity contribution is 0.240. The SMILES string of the molecule is Cc1cc(C#N)cc(C)c1OCc1nc(C2CC2)no1. The van der Waals surface area contributed by atoms with Crippen LogP contribution >= 0.6 is 0 Å². The molecule has 1 saturated carbocycles. The van der Waals surface area contributed by atoms with E-state index in [9.17, 15) is 0 Å². The van der Waals surface area contributed by atoms with E-state index in [2.05, 4.69) is 16.2 Å². The molecule has 1 fully saturated rings. The summed E-state index contributed by atoms with van der Waals surface area (Å²) < 4.78 is 10.9. The minimum absolute atomic E-state index is 0.257. The highest BCUT2D eigenvalue weighted by molar-refractivity contribution is 5.47. The van der Waals surface area contributed by atoms with Crippen molar-refractivity contribution in [3.8, 4) is 11.8 Å². The molecule has 5 heteroatoms. The number of nitriles is 1. The summed E-state index contributed by atoms with van der Waals surface area (Å²) in [6, 6.07) is 5.76. The Bertz CT molecular complexity index is 658. The quantitative estimate of drug-likeness (QED) is 0.853. The first-order chi connectivity index (χ1) is 9.67. The zero-order valence-corrected chi connectivity index (χ0v) is 11.5. The van der Waals surface area contributed by atoms with Crippen molar-refractivity contribution in [3.63, 3.8) is 0 Å². The Labute approximate surface area is 117 Å². The van der Waals surface area contributed by atoms with E-state index < -0.39 is 0 Å². The zero-order valence-electron chi connectivity index (χ0n) is 11.5. The van der Waals surface area contributed by atoms with Gasteiger partial charge in [0.1, 0.15) is 5.75 Å². The topological polar surface area (TPSA) is 71.9 Å². The molecule has 0 radical (unpaired) electrons. The van der Waals surface area contributed by atoms with Crippen LogP contribution < -0.4 is 4.74 Å². The van der Waals surface area contributed by atoms with Crippen LogP contribution in [-0.2, 0) is 6.61 Å². The van der Waals surface area contributed by atoms with E-state index in [1.54, 1.807) is 0 Å². The number of hydrogen-bond acceptors (Lipinski definition) is 5. The fourth-order valence-corrected chi connectivity index (χ4v) is 2.21. The molecule has 20 heavy (non-hydrogen) atoms. The minimum atomic E-state index is 0.257. The number of ether oxygens (including phenoxy) is 1. The second-order valence-electron chi connectivity index (χ2n) is 5.16. The number of nitrogens with zero attached hydrogens (tertiary/aromatic N) is 3. The molecule has 0 N–H and O–H groups in total. The fourth-order valence-electron chi connectivity index (χ4n) is 2.21. The van der Waals surface area contributed by atoms with Crippen molar-refractivity contribution in [1.82, 2.24) is 10.1 Å². The maximum atomic E-state index is 8.92. The smallest absolute Gasteiger partial charge is 0.264 e. The van der Waals surface area contributed by atoms with E-state index >= 15 is 0 Å². The number of benzene rings is 1. The summed E-state index contributed by atoms with van der Waals surface area (Å²) in [7, 11) is 0. The lowest BCUT2D eigenvalue weighted by Gasteiger charge is -2.10. The van der Waals surface area contributed by atoms with Gasteiger partial charge in [-0.25, -0.2) is 0 Å². The summed E-state index contributed by atoms with van der Waals surface area (Å²) in [5, 5.41) is 12.9. The van der Waals surface area contributed by atoms with E-state index in [0.717, 1.165) is 35.5 Å². The molecule has 102 valence electrons. The Kier molecular flexibility index (Phi) is 3.15. The summed E-state index contributed by atoms with van der Waals surface area (Å²) in [5.41, 5.74) is 2.51. The highest BCUT2D eigenvalue weighted by Crippen LogP contribution is 2.38. The van der Waals surface area contributed by atoms with Crippen LogP contribution in [0.5, 0.6) is 5.75 Å². The van der Waals surface area contributed by atoms with Gasteiger partial charge in [-0.2, -0.15) is 10.2 Å². The van der Waals surface area contributed by atoms with Crippen molar-refractivity contribution in [2.24, 2.45) is 0 Å². The van der Waals surface area contributed by atoms with Gasteiger partial charge in [0.05, 0.1) is 11.6 Å². The second-order valence-corrected chi connectivity index (χ2v) is 5.16. The van der Waals surface area contributed by atoms with Crippen LogP contribution in [0.3, 0.4) is 0 Å². The summed E-state index contributed by atoms with van der Waals surface area (Å²) in [5.74, 6) is 2.54. The molecule has 1 heterocycles. The Hall–Kier alpha value is -2.35. The largest absolute Gasteiger partial charge is 0.483 e. The molecule has 3 rings (SSSR count). The van der Waals surface area contributed by atoms with Crippen molar-refractivity contribution >= 4 is 0 Å². The normalized spacial score (nSPS) is 14.1. The third-order valence-corrected chi connectivity index (χ3v) is 3.36. The van der Waals surface area contributed by atoms with Crippen molar-refractivity contribution in [1.29, 1.82) is 5.26 Å². The third-order valence-electron chi connectivity index (χ3n) is 3.36. The molecular weight excluding hydrogens is 254 g/mol. The van der Waals surface area contributed by atoms with Gasteiger partial charge in [0.25, 0.3) is 5.89 Å². The van der Waals surface area contributed by atoms with Gasteiger partial charge in [0.2, 0.25) is 0 Å². The number of hydrogen-bond donors (Lipinski definition) is 0. The van der Waals surface area contributed by atoms with Crippen molar-refractivity contribution < 1.29 is 9.26 Å². The number of aromatic nitrogens is 2. The van der Waals surface area contributed by atoms with Crippen molar-refractivity contribution in [2.75, 3.05) is 0 Å². The molecule has 0 atom stereocenters. The first-order valence-electron chi connectivity index (χ1n) is 6.64.